The van der Waals surface area contributed by atoms with Gasteiger partial charge in [0.2, 0.25) is 5.91 Å². The summed E-state index contributed by atoms with van der Waals surface area (Å²) in [6, 6.07) is 9.97. The number of carbonyl (C=O) groups excluding carboxylic acids is 2. The Morgan fingerprint density at radius 3 is 2.19 bits per heavy atom. The molecule has 0 aliphatic heterocycles. The van der Waals surface area contributed by atoms with E-state index in [1.54, 1.807) is 30.3 Å². The molecular formula is C20H23ClN2O4. The number of amides is 2. The van der Waals surface area contributed by atoms with E-state index in [0.29, 0.717) is 40.1 Å². The normalized spacial score (nSPS) is 10.4. The molecule has 2 N–H and O–H groups in total. The quantitative estimate of drug-likeness (QED) is 0.724. The minimum absolute atomic E-state index is 0.0667. The van der Waals surface area contributed by atoms with Gasteiger partial charge in [0.25, 0.3) is 5.91 Å². The number of hydrogen-bond donors (Lipinski definition) is 2. The van der Waals surface area contributed by atoms with Crippen LogP contribution in [0.1, 0.15) is 31.1 Å². The summed E-state index contributed by atoms with van der Waals surface area (Å²) in [7, 11) is 1.49. The van der Waals surface area contributed by atoms with Crippen LogP contribution in [0.2, 0.25) is 5.02 Å². The number of carbonyl (C=O) groups is 2. The molecule has 2 amide bonds. The summed E-state index contributed by atoms with van der Waals surface area (Å²) >= 11 is 6.21. The molecule has 0 aromatic heterocycles. The second-order valence-electron chi connectivity index (χ2n) is 6.10. The third-order valence-corrected chi connectivity index (χ3v) is 4.00. The molecule has 0 saturated heterocycles. The molecular weight excluding hydrogens is 368 g/mol. The molecule has 0 saturated carbocycles. The molecule has 0 atom stereocenters. The smallest absolute Gasteiger partial charge is 0.255 e. The van der Waals surface area contributed by atoms with Crippen molar-refractivity contribution in [2.75, 3.05) is 24.4 Å². The summed E-state index contributed by atoms with van der Waals surface area (Å²) in [5, 5.41) is 5.88. The van der Waals surface area contributed by atoms with Crippen molar-refractivity contribution in [3.05, 3.63) is 47.0 Å². The predicted octanol–water partition coefficient (Wildman–Crippen LogP) is 4.59. The topological polar surface area (TPSA) is 76.7 Å². The maximum absolute atomic E-state index is 12.5. The van der Waals surface area contributed by atoms with Crippen LogP contribution in [0.3, 0.4) is 0 Å². The third kappa shape index (κ3) is 5.37. The number of ether oxygens (including phenoxy) is 2. The number of benzene rings is 2. The van der Waals surface area contributed by atoms with Gasteiger partial charge in [0.1, 0.15) is 0 Å². The second kappa shape index (κ2) is 9.28. The first-order valence-corrected chi connectivity index (χ1v) is 8.96. The molecule has 144 valence electrons. The van der Waals surface area contributed by atoms with Crippen molar-refractivity contribution in [3.63, 3.8) is 0 Å². The SMILES string of the molecule is CCOc1c(Cl)cc(C(=O)Nc2ccc(NC(=O)C(C)C)cc2)cc1OC. The Kier molecular flexibility index (Phi) is 7.07. The molecule has 0 fully saturated rings. The van der Waals surface area contributed by atoms with Gasteiger partial charge in [-0.1, -0.05) is 25.4 Å². The highest BCUT2D eigenvalue weighted by atomic mass is 35.5. The summed E-state index contributed by atoms with van der Waals surface area (Å²) in [4.78, 5) is 24.2. The van der Waals surface area contributed by atoms with Gasteiger partial charge in [-0.05, 0) is 43.3 Å². The van der Waals surface area contributed by atoms with Crippen molar-refractivity contribution >= 4 is 34.8 Å². The summed E-state index contributed by atoms with van der Waals surface area (Å²) in [5.41, 5.74) is 1.60. The van der Waals surface area contributed by atoms with Crippen molar-refractivity contribution in [3.8, 4) is 11.5 Å². The van der Waals surface area contributed by atoms with E-state index in [0.717, 1.165) is 0 Å². The van der Waals surface area contributed by atoms with E-state index in [2.05, 4.69) is 10.6 Å². The van der Waals surface area contributed by atoms with Crippen LogP contribution in [0.5, 0.6) is 11.5 Å². The Morgan fingerprint density at radius 2 is 1.67 bits per heavy atom. The molecule has 7 heteroatoms. The van der Waals surface area contributed by atoms with Crippen LogP contribution < -0.4 is 20.1 Å². The largest absolute Gasteiger partial charge is 0.493 e. The molecule has 0 aliphatic carbocycles. The zero-order valence-electron chi connectivity index (χ0n) is 15.8. The van der Waals surface area contributed by atoms with Crippen LogP contribution in [-0.2, 0) is 4.79 Å². The maximum Gasteiger partial charge on any atom is 0.255 e. The van der Waals surface area contributed by atoms with Gasteiger partial charge in [-0.25, -0.2) is 0 Å². The Balaban J connectivity index is 2.13. The Hall–Kier alpha value is -2.73. The number of hydrogen-bond acceptors (Lipinski definition) is 4. The van der Waals surface area contributed by atoms with Gasteiger partial charge in [0, 0.05) is 22.9 Å². The van der Waals surface area contributed by atoms with Gasteiger partial charge in [0.05, 0.1) is 18.7 Å². The molecule has 27 heavy (non-hydrogen) atoms. The van der Waals surface area contributed by atoms with E-state index in [-0.39, 0.29) is 17.7 Å². The fourth-order valence-electron chi connectivity index (χ4n) is 2.26. The van der Waals surface area contributed by atoms with Crippen molar-refractivity contribution in [2.24, 2.45) is 5.92 Å². The van der Waals surface area contributed by atoms with Gasteiger partial charge in [-0.15, -0.1) is 0 Å². The molecule has 0 spiro atoms. The zero-order valence-corrected chi connectivity index (χ0v) is 16.5. The molecule has 2 aromatic rings. The van der Waals surface area contributed by atoms with E-state index in [9.17, 15) is 9.59 Å². The van der Waals surface area contributed by atoms with E-state index in [1.165, 1.54) is 13.2 Å². The van der Waals surface area contributed by atoms with Crippen molar-refractivity contribution in [1.82, 2.24) is 0 Å². The monoisotopic (exact) mass is 390 g/mol. The lowest BCUT2D eigenvalue weighted by atomic mass is 10.1. The summed E-state index contributed by atoms with van der Waals surface area (Å²) in [5.74, 6) is 0.286. The van der Waals surface area contributed by atoms with Gasteiger partial charge in [0.15, 0.2) is 11.5 Å². The Bertz CT molecular complexity index is 819. The maximum atomic E-state index is 12.5. The van der Waals surface area contributed by atoms with Gasteiger partial charge in [-0.3, -0.25) is 9.59 Å². The minimum Gasteiger partial charge on any atom is -0.493 e. The number of rotatable bonds is 7. The van der Waals surface area contributed by atoms with Crippen LogP contribution in [0, 0.1) is 5.92 Å². The molecule has 0 unspecified atom stereocenters. The minimum atomic E-state index is -0.336. The van der Waals surface area contributed by atoms with Crippen LogP contribution in [0.25, 0.3) is 0 Å². The first-order chi connectivity index (χ1) is 12.8. The van der Waals surface area contributed by atoms with Crippen LogP contribution in [-0.4, -0.2) is 25.5 Å². The van der Waals surface area contributed by atoms with Gasteiger partial charge in [-0.2, -0.15) is 0 Å². The molecule has 0 aliphatic rings. The average molecular weight is 391 g/mol. The highest BCUT2D eigenvalue weighted by Gasteiger charge is 2.16. The number of nitrogens with one attached hydrogen (secondary N) is 2. The van der Waals surface area contributed by atoms with Crippen LogP contribution in [0.4, 0.5) is 11.4 Å². The fourth-order valence-corrected chi connectivity index (χ4v) is 2.53. The highest BCUT2D eigenvalue weighted by Crippen LogP contribution is 2.36. The van der Waals surface area contributed by atoms with Crippen molar-refractivity contribution < 1.29 is 19.1 Å². The standard InChI is InChI=1S/C20H23ClN2O4/c1-5-27-18-16(21)10-13(11-17(18)26-4)20(25)23-15-8-6-14(7-9-15)22-19(24)12(2)3/h6-12H,5H2,1-4H3,(H,22,24)(H,23,25). The van der Waals surface area contributed by atoms with E-state index < -0.39 is 0 Å². The first kappa shape index (κ1) is 20.6. The average Bonchev–Trinajstić information content (AvgIpc) is 2.64. The third-order valence-electron chi connectivity index (χ3n) is 3.71. The predicted molar refractivity (Wildman–Crippen MR) is 107 cm³/mol. The lowest BCUT2D eigenvalue weighted by Crippen LogP contribution is -2.17. The lowest BCUT2D eigenvalue weighted by molar-refractivity contribution is -0.118. The second-order valence-corrected chi connectivity index (χ2v) is 6.51. The molecule has 0 heterocycles. The molecule has 6 nitrogen and oxygen atoms in total. The summed E-state index contributed by atoms with van der Waals surface area (Å²) < 4.78 is 10.7. The lowest BCUT2D eigenvalue weighted by Gasteiger charge is -2.13. The molecule has 0 radical (unpaired) electrons. The highest BCUT2D eigenvalue weighted by molar-refractivity contribution is 6.32. The number of anilines is 2. The van der Waals surface area contributed by atoms with E-state index in [4.69, 9.17) is 21.1 Å². The van der Waals surface area contributed by atoms with Gasteiger partial charge >= 0.3 is 0 Å². The fraction of sp³-hybridized carbons (Fsp3) is 0.300. The van der Waals surface area contributed by atoms with Crippen LogP contribution >= 0.6 is 11.6 Å². The van der Waals surface area contributed by atoms with Crippen molar-refractivity contribution in [1.29, 1.82) is 0 Å². The van der Waals surface area contributed by atoms with Crippen LogP contribution in [0.15, 0.2) is 36.4 Å². The molecule has 2 aromatic carbocycles. The molecule has 2 rings (SSSR count). The summed E-state index contributed by atoms with van der Waals surface area (Å²) in [6.07, 6.45) is 0. The van der Waals surface area contributed by atoms with E-state index in [1.807, 2.05) is 20.8 Å². The summed E-state index contributed by atoms with van der Waals surface area (Å²) in [6.45, 7) is 5.91. The van der Waals surface area contributed by atoms with E-state index >= 15 is 0 Å². The zero-order chi connectivity index (χ0) is 20.0. The number of halogens is 1. The first-order valence-electron chi connectivity index (χ1n) is 8.58. The molecule has 0 bridgehead atoms. The van der Waals surface area contributed by atoms with Gasteiger partial charge < -0.3 is 20.1 Å². The Labute approximate surface area is 163 Å². The van der Waals surface area contributed by atoms with Crippen molar-refractivity contribution in [2.45, 2.75) is 20.8 Å². The number of methoxy groups -OCH3 is 1. The Morgan fingerprint density at radius 1 is 1.07 bits per heavy atom.